The summed E-state index contributed by atoms with van der Waals surface area (Å²) in [5.74, 6) is 1.93. The Morgan fingerprint density at radius 3 is 3.06 bits per heavy atom. The molecular weight excluding hydrogens is 214 g/mol. The van der Waals surface area contributed by atoms with Gasteiger partial charge in [0.1, 0.15) is 0 Å². The smallest absolute Gasteiger partial charge is 0.339 e. The van der Waals surface area contributed by atoms with Crippen LogP contribution < -0.4 is 0 Å². The number of ether oxygens (including phenoxy) is 1. The molecule has 0 spiro atoms. The summed E-state index contributed by atoms with van der Waals surface area (Å²) in [5, 5.41) is 0.898. The first-order chi connectivity index (χ1) is 8.20. The van der Waals surface area contributed by atoms with E-state index < -0.39 is 12.1 Å². The molecule has 1 unspecified atom stereocenters. The maximum absolute atomic E-state index is 11.7. The van der Waals surface area contributed by atoms with E-state index in [4.69, 9.17) is 11.2 Å². The van der Waals surface area contributed by atoms with Crippen LogP contribution in [0.3, 0.4) is 0 Å². The van der Waals surface area contributed by atoms with Crippen molar-refractivity contribution < 1.29 is 9.53 Å². The molecule has 0 amide bonds. The zero-order chi connectivity index (χ0) is 12.3. The van der Waals surface area contributed by atoms with Gasteiger partial charge in [-0.15, -0.1) is 6.42 Å². The van der Waals surface area contributed by atoms with E-state index in [1.54, 1.807) is 31.3 Å². The van der Waals surface area contributed by atoms with E-state index in [2.05, 4.69) is 10.9 Å². The van der Waals surface area contributed by atoms with Gasteiger partial charge in [-0.3, -0.25) is 4.98 Å². The van der Waals surface area contributed by atoms with Crippen molar-refractivity contribution in [2.24, 2.45) is 0 Å². The fourth-order valence-electron chi connectivity index (χ4n) is 1.47. The lowest BCUT2D eigenvalue weighted by Crippen LogP contribution is -2.12. The van der Waals surface area contributed by atoms with Crippen molar-refractivity contribution >= 4 is 16.9 Å². The van der Waals surface area contributed by atoms with E-state index >= 15 is 0 Å². The van der Waals surface area contributed by atoms with E-state index in [0.29, 0.717) is 5.56 Å². The number of hydrogen-bond donors (Lipinski definition) is 0. The number of terminal acetylenes is 1. The van der Waals surface area contributed by atoms with Crippen LogP contribution in [0.2, 0.25) is 0 Å². The lowest BCUT2D eigenvalue weighted by Gasteiger charge is -2.07. The van der Waals surface area contributed by atoms with Crippen molar-refractivity contribution in [1.82, 2.24) is 4.98 Å². The molecule has 0 aliphatic rings. The Kier molecular flexibility index (Phi) is 3.06. The van der Waals surface area contributed by atoms with Crippen molar-refractivity contribution in [1.29, 1.82) is 0 Å². The van der Waals surface area contributed by atoms with Gasteiger partial charge in [0.25, 0.3) is 0 Å². The second kappa shape index (κ2) is 4.67. The number of aromatic nitrogens is 1. The average Bonchev–Trinajstić information content (AvgIpc) is 2.38. The zero-order valence-electron chi connectivity index (χ0n) is 9.38. The van der Waals surface area contributed by atoms with Gasteiger partial charge in [0.15, 0.2) is 6.10 Å². The van der Waals surface area contributed by atoms with Crippen LogP contribution >= 0.6 is 0 Å². The van der Waals surface area contributed by atoms with Gasteiger partial charge in [-0.1, -0.05) is 12.0 Å². The van der Waals surface area contributed by atoms with Gasteiger partial charge >= 0.3 is 5.97 Å². The topological polar surface area (TPSA) is 39.2 Å². The molecule has 3 heteroatoms. The standard InChI is InChI=1S/C14H11NO2/c1-3-10(2)17-14(16)12-6-7-13-11(9-12)5-4-8-15-13/h1,4-10H,2H3. The third-order valence-corrected chi connectivity index (χ3v) is 2.36. The molecular formula is C14H11NO2. The SMILES string of the molecule is C#CC(C)OC(=O)c1ccc2ncccc2c1. The number of hydrogen-bond acceptors (Lipinski definition) is 3. The Hall–Kier alpha value is -2.34. The fraction of sp³-hybridized carbons (Fsp3) is 0.143. The van der Waals surface area contributed by atoms with Crippen molar-refractivity contribution in [3.05, 3.63) is 42.1 Å². The van der Waals surface area contributed by atoms with Crippen LogP contribution in [0.4, 0.5) is 0 Å². The summed E-state index contributed by atoms with van der Waals surface area (Å²) in [6, 6.07) is 8.92. The molecule has 1 heterocycles. The molecule has 3 nitrogen and oxygen atoms in total. The normalized spacial score (nSPS) is 11.8. The number of pyridine rings is 1. The molecule has 2 rings (SSSR count). The fourth-order valence-corrected chi connectivity index (χ4v) is 1.47. The molecule has 1 aromatic heterocycles. The zero-order valence-corrected chi connectivity index (χ0v) is 9.38. The van der Waals surface area contributed by atoms with Crippen LogP contribution in [0, 0.1) is 12.3 Å². The van der Waals surface area contributed by atoms with Gasteiger partial charge in [0.05, 0.1) is 11.1 Å². The minimum atomic E-state index is -0.521. The van der Waals surface area contributed by atoms with E-state index in [0.717, 1.165) is 10.9 Å². The minimum absolute atomic E-state index is 0.416. The summed E-state index contributed by atoms with van der Waals surface area (Å²) in [6.07, 6.45) is 6.34. The largest absolute Gasteiger partial charge is 0.446 e. The summed E-state index contributed by atoms with van der Waals surface area (Å²) in [6.45, 7) is 1.65. The van der Waals surface area contributed by atoms with E-state index in [1.807, 2.05) is 12.1 Å². The molecule has 1 atom stereocenters. The van der Waals surface area contributed by atoms with Gasteiger partial charge in [-0.2, -0.15) is 0 Å². The maximum Gasteiger partial charge on any atom is 0.339 e. The molecule has 0 saturated carbocycles. The molecule has 0 saturated heterocycles. The Morgan fingerprint density at radius 1 is 1.47 bits per heavy atom. The van der Waals surface area contributed by atoms with Crippen molar-refractivity contribution in [3.63, 3.8) is 0 Å². The summed E-state index contributed by atoms with van der Waals surface area (Å²) in [7, 11) is 0. The Balaban J connectivity index is 2.31. The second-order valence-corrected chi connectivity index (χ2v) is 3.63. The van der Waals surface area contributed by atoms with E-state index in [-0.39, 0.29) is 0 Å². The van der Waals surface area contributed by atoms with Gasteiger partial charge in [0, 0.05) is 11.6 Å². The Bertz CT molecular complexity index is 598. The first kappa shape index (κ1) is 11.2. The third-order valence-electron chi connectivity index (χ3n) is 2.36. The van der Waals surface area contributed by atoms with E-state index in [9.17, 15) is 4.79 Å². The number of carbonyl (C=O) groups excluding carboxylic acids is 1. The van der Waals surface area contributed by atoms with Crippen LogP contribution in [0.5, 0.6) is 0 Å². The highest BCUT2D eigenvalue weighted by molar-refractivity contribution is 5.94. The maximum atomic E-state index is 11.7. The van der Waals surface area contributed by atoms with Crippen LogP contribution in [-0.4, -0.2) is 17.1 Å². The van der Waals surface area contributed by atoms with Gasteiger partial charge in [0.2, 0.25) is 0 Å². The molecule has 17 heavy (non-hydrogen) atoms. The number of nitrogens with zero attached hydrogens (tertiary/aromatic N) is 1. The highest BCUT2D eigenvalue weighted by atomic mass is 16.5. The van der Waals surface area contributed by atoms with Crippen LogP contribution in [0.15, 0.2) is 36.5 Å². The van der Waals surface area contributed by atoms with Crippen LogP contribution in [-0.2, 0) is 4.74 Å². The predicted molar refractivity (Wildman–Crippen MR) is 65.5 cm³/mol. The van der Waals surface area contributed by atoms with Crippen molar-refractivity contribution in [2.45, 2.75) is 13.0 Å². The molecule has 0 bridgehead atoms. The number of fused-ring (bicyclic) bond motifs is 1. The number of rotatable bonds is 2. The quantitative estimate of drug-likeness (QED) is 0.582. The lowest BCUT2D eigenvalue weighted by molar-refractivity contribution is 0.0439. The van der Waals surface area contributed by atoms with Gasteiger partial charge in [-0.05, 0) is 31.2 Å². The first-order valence-corrected chi connectivity index (χ1v) is 5.22. The van der Waals surface area contributed by atoms with Crippen LogP contribution in [0.25, 0.3) is 10.9 Å². The summed E-state index contributed by atoms with van der Waals surface area (Å²) < 4.78 is 5.04. The average molecular weight is 225 g/mol. The summed E-state index contributed by atoms with van der Waals surface area (Å²) >= 11 is 0. The first-order valence-electron chi connectivity index (χ1n) is 5.22. The molecule has 84 valence electrons. The van der Waals surface area contributed by atoms with E-state index in [1.165, 1.54) is 0 Å². The molecule has 0 fully saturated rings. The van der Waals surface area contributed by atoms with Crippen LogP contribution in [0.1, 0.15) is 17.3 Å². The molecule has 2 aromatic rings. The summed E-state index contributed by atoms with van der Waals surface area (Å²) in [4.78, 5) is 15.9. The van der Waals surface area contributed by atoms with Crippen molar-refractivity contribution in [2.75, 3.05) is 0 Å². The van der Waals surface area contributed by atoms with Gasteiger partial charge < -0.3 is 4.74 Å². The molecule has 0 radical (unpaired) electrons. The number of carbonyl (C=O) groups is 1. The number of esters is 1. The Morgan fingerprint density at radius 2 is 2.29 bits per heavy atom. The summed E-state index contributed by atoms with van der Waals surface area (Å²) in [5.41, 5.74) is 1.32. The Labute approximate surface area is 99.4 Å². The highest BCUT2D eigenvalue weighted by Gasteiger charge is 2.10. The molecule has 0 aliphatic carbocycles. The molecule has 0 N–H and O–H groups in total. The molecule has 0 aliphatic heterocycles. The lowest BCUT2D eigenvalue weighted by atomic mass is 10.1. The van der Waals surface area contributed by atoms with Gasteiger partial charge in [-0.25, -0.2) is 4.79 Å². The van der Waals surface area contributed by atoms with Crippen molar-refractivity contribution in [3.8, 4) is 12.3 Å². The second-order valence-electron chi connectivity index (χ2n) is 3.63. The highest BCUT2D eigenvalue weighted by Crippen LogP contribution is 2.14. The number of benzene rings is 1. The monoisotopic (exact) mass is 225 g/mol. The minimum Gasteiger partial charge on any atom is -0.446 e. The molecule has 1 aromatic carbocycles. The predicted octanol–water partition coefficient (Wildman–Crippen LogP) is 2.41. The third kappa shape index (κ3) is 2.43.